The molecular weight excluding hydrogens is 352 g/mol. The van der Waals surface area contributed by atoms with Gasteiger partial charge >= 0.3 is 0 Å². The summed E-state index contributed by atoms with van der Waals surface area (Å²) in [5.41, 5.74) is 8.10. The second kappa shape index (κ2) is 5.35. The van der Waals surface area contributed by atoms with Crippen molar-refractivity contribution in [2.45, 2.75) is 17.7 Å². The van der Waals surface area contributed by atoms with Crippen molar-refractivity contribution in [3.8, 4) is 0 Å². The smallest absolute Gasteiger partial charge is 0.264 e. The molecule has 0 fully saturated rings. The fraction of sp³-hybridized carbons (Fsp3) is 0.200. The van der Waals surface area contributed by atoms with Crippen molar-refractivity contribution in [2.24, 2.45) is 0 Å². The lowest BCUT2D eigenvalue weighted by Crippen LogP contribution is -2.35. The van der Waals surface area contributed by atoms with Crippen LogP contribution >= 0.6 is 15.9 Å². The molecule has 4 nitrogen and oxygen atoms in total. The van der Waals surface area contributed by atoms with E-state index in [-0.39, 0.29) is 4.90 Å². The molecule has 0 bridgehead atoms. The fourth-order valence-electron chi connectivity index (χ4n) is 2.54. The molecule has 1 aliphatic heterocycles. The van der Waals surface area contributed by atoms with Crippen LogP contribution in [0.1, 0.15) is 12.0 Å². The standard InChI is InChI=1S/C15H15BrN2O2S/c16-13-10-12(7-8-14(13)17)21(19,20)18-9-3-5-11-4-1-2-6-15(11)18/h1-2,4,6-8,10H,3,5,9,17H2. The highest BCUT2D eigenvalue weighted by Gasteiger charge is 2.29. The molecule has 3 rings (SSSR count). The second-order valence-electron chi connectivity index (χ2n) is 4.99. The Hall–Kier alpha value is -1.53. The number of aryl methyl sites for hydroxylation is 1. The summed E-state index contributed by atoms with van der Waals surface area (Å²) in [6, 6.07) is 12.4. The van der Waals surface area contributed by atoms with Gasteiger partial charge in [-0.25, -0.2) is 8.42 Å². The van der Waals surface area contributed by atoms with E-state index in [0.29, 0.717) is 16.7 Å². The molecule has 0 spiro atoms. The first-order chi connectivity index (χ1) is 10.00. The first-order valence-electron chi connectivity index (χ1n) is 6.66. The molecule has 2 aromatic rings. The number of sulfonamides is 1. The first kappa shape index (κ1) is 14.4. The monoisotopic (exact) mass is 366 g/mol. The molecule has 0 atom stereocenters. The van der Waals surface area contributed by atoms with Crippen LogP contribution < -0.4 is 10.0 Å². The van der Waals surface area contributed by atoms with Crippen molar-refractivity contribution < 1.29 is 8.42 Å². The topological polar surface area (TPSA) is 63.4 Å². The van der Waals surface area contributed by atoms with Crippen LogP contribution in [0.25, 0.3) is 0 Å². The highest BCUT2D eigenvalue weighted by atomic mass is 79.9. The van der Waals surface area contributed by atoms with Gasteiger partial charge in [0.25, 0.3) is 10.0 Å². The predicted octanol–water partition coefficient (Wildman–Crippen LogP) is 3.17. The molecule has 0 aliphatic carbocycles. The van der Waals surface area contributed by atoms with Crippen molar-refractivity contribution in [3.63, 3.8) is 0 Å². The van der Waals surface area contributed by atoms with Gasteiger partial charge in [0.05, 0.1) is 10.6 Å². The van der Waals surface area contributed by atoms with Crippen LogP contribution in [0.2, 0.25) is 0 Å². The molecule has 0 unspecified atom stereocenters. The van der Waals surface area contributed by atoms with E-state index in [2.05, 4.69) is 15.9 Å². The Balaban J connectivity index is 2.09. The number of fused-ring (bicyclic) bond motifs is 1. The summed E-state index contributed by atoms with van der Waals surface area (Å²) in [5, 5.41) is 0. The lowest BCUT2D eigenvalue weighted by Gasteiger charge is -2.30. The number of nitrogen functional groups attached to an aromatic ring is 1. The summed E-state index contributed by atoms with van der Waals surface area (Å²) >= 11 is 3.29. The molecule has 2 N–H and O–H groups in total. The van der Waals surface area contributed by atoms with E-state index >= 15 is 0 Å². The van der Waals surface area contributed by atoms with Crippen LogP contribution in [0.4, 0.5) is 11.4 Å². The maximum atomic E-state index is 12.9. The van der Waals surface area contributed by atoms with Gasteiger partial charge in [0, 0.05) is 16.7 Å². The van der Waals surface area contributed by atoms with Crippen LogP contribution in [-0.2, 0) is 16.4 Å². The summed E-state index contributed by atoms with van der Waals surface area (Å²) in [6.45, 7) is 0.501. The van der Waals surface area contributed by atoms with Crippen molar-refractivity contribution in [3.05, 3.63) is 52.5 Å². The molecular formula is C15H15BrN2O2S. The summed E-state index contributed by atoms with van der Waals surface area (Å²) in [4.78, 5) is 0.250. The Kier molecular flexibility index (Phi) is 3.67. The number of hydrogen-bond donors (Lipinski definition) is 1. The third-order valence-electron chi connectivity index (χ3n) is 3.63. The van der Waals surface area contributed by atoms with E-state index in [1.807, 2.05) is 24.3 Å². The molecule has 0 amide bonds. The lowest BCUT2D eigenvalue weighted by atomic mass is 10.0. The average molecular weight is 367 g/mol. The molecule has 1 heterocycles. The van der Waals surface area contributed by atoms with E-state index in [0.717, 1.165) is 24.1 Å². The van der Waals surface area contributed by atoms with Gasteiger partial charge in [-0.15, -0.1) is 0 Å². The zero-order chi connectivity index (χ0) is 15.0. The number of hydrogen-bond acceptors (Lipinski definition) is 3. The van der Waals surface area contributed by atoms with Crippen molar-refractivity contribution in [2.75, 3.05) is 16.6 Å². The Morgan fingerprint density at radius 2 is 1.90 bits per heavy atom. The van der Waals surface area contributed by atoms with Gasteiger partial charge in [0.2, 0.25) is 0 Å². The molecule has 0 aromatic heterocycles. The highest BCUT2D eigenvalue weighted by molar-refractivity contribution is 9.10. The van der Waals surface area contributed by atoms with Gasteiger partial charge in [-0.05, 0) is 58.6 Å². The molecule has 21 heavy (non-hydrogen) atoms. The van der Waals surface area contributed by atoms with Gasteiger partial charge in [0.15, 0.2) is 0 Å². The molecule has 6 heteroatoms. The molecule has 0 saturated carbocycles. The minimum atomic E-state index is -3.57. The number of rotatable bonds is 2. The van der Waals surface area contributed by atoms with E-state index < -0.39 is 10.0 Å². The van der Waals surface area contributed by atoms with E-state index in [1.165, 1.54) is 4.31 Å². The normalized spacial score (nSPS) is 14.8. The van der Waals surface area contributed by atoms with Crippen LogP contribution in [0.3, 0.4) is 0 Å². The quantitative estimate of drug-likeness (QED) is 0.830. The third-order valence-corrected chi connectivity index (χ3v) is 6.12. The van der Waals surface area contributed by atoms with Crippen molar-refractivity contribution >= 4 is 37.3 Å². The zero-order valence-corrected chi connectivity index (χ0v) is 13.7. The Labute approximate surface area is 132 Å². The van der Waals surface area contributed by atoms with Gasteiger partial charge in [0.1, 0.15) is 0 Å². The maximum Gasteiger partial charge on any atom is 0.264 e. The fourth-order valence-corrected chi connectivity index (χ4v) is 4.64. The number of para-hydroxylation sites is 1. The highest BCUT2D eigenvalue weighted by Crippen LogP contribution is 2.33. The second-order valence-corrected chi connectivity index (χ2v) is 7.71. The SMILES string of the molecule is Nc1ccc(S(=O)(=O)N2CCCc3ccccc32)cc1Br. The molecule has 0 saturated heterocycles. The van der Waals surface area contributed by atoms with Gasteiger partial charge < -0.3 is 5.73 Å². The maximum absolute atomic E-state index is 12.9. The number of halogens is 1. The van der Waals surface area contributed by atoms with Crippen LogP contribution in [0.15, 0.2) is 51.8 Å². The Bertz CT molecular complexity index is 790. The molecule has 0 radical (unpaired) electrons. The zero-order valence-electron chi connectivity index (χ0n) is 11.3. The van der Waals surface area contributed by atoms with Crippen molar-refractivity contribution in [1.82, 2.24) is 0 Å². The van der Waals surface area contributed by atoms with E-state index in [4.69, 9.17) is 5.73 Å². The number of nitrogens with zero attached hydrogens (tertiary/aromatic N) is 1. The van der Waals surface area contributed by atoms with Gasteiger partial charge in [-0.2, -0.15) is 0 Å². The predicted molar refractivity (Wildman–Crippen MR) is 87.8 cm³/mol. The summed E-state index contributed by atoms with van der Waals surface area (Å²) in [6.07, 6.45) is 1.74. The molecule has 2 aromatic carbocycles. The van der Waals surface area contributed by atoms with Crippen LogP contribution in [0.5, 0.6) is 0 Å². The van der Waals surface area contributed by atoms with Crippen LogP contribution in [-0.4, -0.2) is 15.0 Å². The minimum Gasteiger partial charge on any atom is -0.398 e. The number of nitrogens with two attached hydrogens (primary N) is 1. The third kappa shape index (κ3) is 2.53. The van der Waals surface area contributed by atoms with E-state index in [1.54, 1.807) is 18.2 Å². The number of benzene rings is 2. The van der Waals surface area contributed by atoms with Gasteiger partial charge in [-0.1, -0.05) is 18.2 Å². The summed E-state index contributed by atoms with van der Waals surface area (Å²) < 4.78 is 27.8. The minimum absolute atomic E-state index is 0.250. The summed E-state index contributed by atoms with van der Waals surface area (Å²) in [7, 11) is -3.57. The number of anilines is 2. The first-order valence-corrected chi connectivity index (χ1v) is 8.89. The van der Waals surface area contributed by atoms with Crippen LogP contribution in [0, 0.1) is 0 Å². The van der Waals surface area contributed by atoms with Gasteiger partial charge in [-0.3, -0.25) is 4.31 Å². The Morgan fingerprint density at radius 1 is 1.14 bits per heavy atom. The largest absolute Gasteiger partial charge is 0.398 e. The molecule has 1 aliphatic rings. The molecule has 110 valence electrons. The van der Waals surface area contributed by atoms with Crippen molar-refractivity contribution in [1.29, 1.82) is 0 Å². The lowest BCUT2D eigenvalue weighted by molar-refractivity contribution is 0.586. The summed E-state index contributed by atoms with van der Waals surface area (Å²) in [5.74, 6) is 0. The Morgan fingerprint density at radius 3 is 2.67 bits per heavy atom. The average Bonchev–Trinajstić information content (AvgIpc) is 2.49. The van der Waals surface area contributed by atoms with E-state index in [9.17, 15) is 8.42 Å².